The maximum atomic E-state index is 14.1. The lowest BCUT2D eigenvalue weighted by Gasteiger charge is -2.35. The number of carbonyl (C=O) groups excluding carboxylic acids is 2. The van der Waals surface area contributed by atoms with Crippen molar-refractivity contribution in [3.8, 4) is 0 Å². The number of aromatic nitrogens is 1. The minimum Gasteiger partial charge on any atom is -0.351 e. The van der Waals surface area contributed by atoms with Gasteiger partial charge in [-0.15, -0.1) is 0 Å². The summed E-state index contributed by atoms with van der Waals surface area (Å²) >= 11 is 0. The van der Waals surface area contributed by atoms with Crippen molar-refractivity contribution in [3.63, 3.8) is 0 Å². The highest BCUT2D eigenvalue weighted by molar-refractivity contribution is 6.04. The van der Waals surface area contributed by atoms with E-state index < -0.39 is 18.3 Å². The predicted octanol–water partition coefficient (Wildman–Crippen LogP) is 4.60. The second kappa shape index (κ2) is 10.9. The summed E-state index contributed by atoms with van der Waals surface area (Å²) in [6.45, 7) is 6.53. The number of hydrogen-bond donors (Lipinski definition) is 2. The molecule has 3 atom stereocenters. The number of anilines is 1. The molecule has 2 aliphatic rings. The monoisotopic (exact) mass is 480 g/mol. The molecule has 0 bridgehead atoms. The number of alkyl halides is 1. The Hall–Kier alpha value is -2.80. The van der Waals surface area contributed by atoms with Crippen LogP contribution in [0.15, 0.2) is 48.8 Å². The van der Waals surface area contributed by atoms with E-state index in [2.05, 4.69) is 36.4 Å². The number of nitrogens with one attached hydrogen (secondary N) is 2. The molecule has 0 radical (unpaired) electrons. The molecule has 7 heteroatoms. The van der Waals surface area contributed by atoms with E-state index in [-0.39, 0.29) is 36.2 Å². The summed E-state index contributed by atoms with van der Waals surface area (Å²) in [7, 11) is 0. The Morgan fingerprint density at radius 3 is 2.40 bits per heavy atom. The van der Waals surface area contributed by atoms with Gasteiger partial charge in [-0.3, -0.25) is 19.5 Å². The van der Waals surface area contributed by atoms with E-state index in [1.54, 1.807) is 18.5 Å². The van der Waals surface area contributed by atoms with Crippen LogP contribution in [-0.2, 0) is 15.0 Å². The fourth-order valence-corrected chi connectivity index (χ4v) is 5.06. The Kier molecular flexibility index (Phi) is 7.85. The molecule has 2 N–H and O–H groups in total. The average molecular weight is 481 g/mol. The van der Waals surface area contributed by atoms with E-state index >= 15 is 0 Å². The van der Waals surface area contributed by atoms with Gasteiger partial charge in [0.15, 0.2) is 0 Å². The van der Waals surface area contributed by atoms with Crippen molar-refractivity contribution in [2.24, 2.45) is 0 Å². The van der Waals surface area contributed by atoms with Crippen LogP contribution in [0.1, 0.15) is 76.5 Å². The maximum Gasteiger partial charge on any atom is 0.248 e. The van der Waals surface area contributed by atoms with Crippen LogP contribution in [0.4, 0.5) is 10.1 Å². The van der Waals surface area contributed by atoms with E-state index in [9.17, 15) is 14.0 Å². The molecule has 2 fully saturated rings. The standard InChI is InChI=1S/C28H37FN4O2/c1-28(2,3)20-11-13-23(14-12-20)33(27(35)24-16-21(29)18-31-24)25(19-8-7-15-30-17-19)26(34)32-22-9-5-4-6-10-22/h7-8,11-15,17,21-22,24-25,31H,4-6,9-10,16,18H2,1-3H3,(H,32,34). The zero-order valence-electron chi connectivity index (χ0n) is 21.0. The molecular formula is C28H37FN4O2. The summed E-state index contributed by atoms with van der Waals surface area (Å²) in [4.78, 5) is 33.5. The SMILES string of the molecule is CC(C)(C)c1ccc(N(C(=O)C2CC(F)CN2)C(C(=O)NC2CCCCC2)c2cccnc2)cc1. The third-order valence-electron chi connectivity index (χ3n) is 7.08. The first kappa shape index (κ1) is 25.3. The maximum absolute atomic E-state index is 14.1. The number of benzene rings is 1. The first-order chi connectivity index (χ1) is 16.7. The van der Waals surface area contributed by atoms with E-state index in [0.717, 1.165) is 31.2 Å². The molecule has 3 unspecified atom stereocenters. The van der Waals surface area contributed by atoms with Crippen molar-refractivity contribution in [2.75, 3.05) is 11.4 Å². The van der Waals surface area contributed by atoms with Gasteiger partial charge in [0.2, 0.25) is 11.8 Å². The molecule has 1 aromatic heterocycles. The summed E-state index contributed by atoms with van der Waals surface area (Å²) < 4.78 is 14.1. The summed E-state index contributed by atoms with van der Waals surface area (Å²) in [5, 5.41) is 6.21. The van der Waals surface area contributed by atoms with Crippen LogP contribution in [0.5, 0.6) is 0 Å². The van der Waals surface area contributed by atoms with Gasteiger partial charge in [-0.1, -0.05) is 58.2 Å². The van der Waals surface area contributed by atoms with Gasteiger partial charge in [-0.2, -0.15) is 0 Å². The highest BCUT2D eigenvalue weighted by Crippen LogP contribution is 2.32. The second-order valence-corrected chi connectivity index (χ2v) is 10.8. The summed E-state index contributed by atoms with van der Waals surface area (Å²) in [5.41, 5.74) is 2.31. The van der Waals surface area contributed by atoms with Crippen LogP contribution in [0.2, 0.25) is 0 Å². The first-order valence-corrected chi connectivity index (χ1v) is 12.8. The molecule has 1 saturated heterocycles. The molecule has 2 amide bonds. The van der Waals surface area contributed by atoms with Gasteiger partial charge < -0.3 is 10.6 Å². The van der Waals surface area contributed by atoms with Crippen LogP contribution in [0, 0.1) is 0 Å². The smallest absolute Gasteiger partial charge is 0.248 e. The van der Waals surface area contributed by atoms with Crippen LogP contribution < -0.4 is 15.5 Å². The minimum absolute atomic E-state index is 0.0526. The van der Waals surface area contributed by atoms with Gasteiger partial charge >= 0.3 is 0 Å². The van der Waals surface area contributed by atoms with Crippen molar-refractivity contribution in [3.05, 3.63) is 59.9 Å². The second-order valence-electron chi connectivity index (χ2n) is 10.8. The normalized spacial score (nSPS) is 21.9. The number of nitrogens with zero attached hydrogens (tertiary/aromatic N) is 2. The van der Waals surface area contributed by atoms with Crippen LogP contribution >= 0.6 is 0 Å². The Bertz CT molecular complexity index is 1000. The van der Waals surface area contributed by atoms with Crippen molar-refractivity contribution >= 4 is 17.5 Å². The zero-order valence-corrected chi connectivity index (χ0v) is 21.0. The number of halogens is 1. The molecule has 6 nitrogen and oxygen atoms in total. The van der Waals surface area contributed by atoms with Crippen molar-refractivity contribution in [1.29, 1.82) is 0 Å². The Labute approximate surface area is 207 Å². The largest absolute Gasteiger partial charge is 0.351 e. The molecule has 35 heavy (non-hydrogen) atoms. The topological polar surface area (TPSA) is 74.3 Å². The molecule has 0 spiro atoms. The molecule has 2 aromatic rings. The lowest BCUT2D eigenvalue weighted by molar-refractivity contribution is -0.128. The predicted molar refractivity (Wildman–Crippen MR) is 136 cm³/mol. The summed E-state index contributed by atoms with van der Waals surface area (Å²) in [6, 6.07) is 9.86. The van der Waals surface area contributed by atoms with E-state index in [0.29, 0.717) is 11.3 Å². The first-order valence-electron chi connectivity index (χ1n) is 12.8. The van der Waals surface area contributed by atoms with Crippen LogP contribution in [-0.4, -0.2) is 41.6 Å². The number of amides is 2. The Morgan fingerprint density at radius 2 is 1.83 bits per heavy atom. The summed E-state index contributed by atoms with van der Waals surface area (Å²) in [6.07, 6.45) is 7.53. The lowest BCUT2D eigenvalue weighted by atomic mass is 9.87. The van der Waals surface area contributed by atoms with E-state index in [4.69, 9.17) is 0 Å². The number of carbonyl (C=O) groups is 2. The molecule has 1 aliphatic carbocycles. The van der Waals surface area contributed by atoms with Gasteiger partial charge in [0.1, 0.15) is 12.2 Å². The van der Waals surface area contributed by atoms with Gasteiger partial charge in [0, 0.05) is 42.7 Å². The van der Waals surface area contributed by atoms with Gasteiger partial charge in [0.05, 0.1) is 6.04 Å². The summed E-state index contributed by atoms with van der Waals surface area (Å²) in [5.74, 6) is -0.533. The van der Waals surface area contributed by atoms with Crippen molar-refractivity contribution < 1.29 is 14.0 Å². The van der Waals surface area contributed by atoms with Gasteiger partial charge in [-0.05, 0) is 42.0 Å². The lowest BCUT2D eigenvalue weighted by Crippen LogP contribution is -2.51. The third kappa shape index (κ3) is 6.07. The van der Waals surface area contributed by atoms with E-state index in [1.807, 2.05) is 30.3 Å². The Morgan fingerprint density at radius 1 is 1.11 bits per heavy atom. The fourth-order valence-electron chi connectivity index (χ4n) is 5.06. The quantitative estimate of drug-likeness (QED) is 0.634. The molecule has 2 heterocycles. The zero-order chi connectivity index (χ0) is 25.0. The molecule has 1 saturated carbocycles. The Balaban J connectivity index is 1.74. The van der Waals surface area contributed by atoms with Crippen LogP contribution in [0.25, 0.3) is 0 Å². The molecule has 4 rings (SSSR count). The average Bonchev–Trinajstić information content (AvgIpc) is 3.29. The highest BCUT2D eigenvalue weighted by atomic mass is 19.1. The van der Waals surface area contributed by atoms with Gasteiger partial charge in [0.25, 0.3) is 0 Å². The van der Waals surface area contributed by atoms with Crippen LogP contribution in [0.3, 0.4) is 0 Å². The molecular weight excluding hydrogens is 443 g/mol. The molecule has 1 aromatic carbocycles. The minimum atomic E-state index is -1.08. The number of pyridine rings is 1. The number of hydrogen-bond acceptors (Lipinski definition) is 4. The van der Waals surface area contributed by atoms with E-state index in [1.165, 1.54) is 11.3 Å². The third-order valence-corrected chi connectivity index (χ3v) is 7.08. The van der Waals surface area contributed by atoms with Crippen molar-refractivity contribution in [2.45, 2.75) is 89.0 Å². The highest BCUT2D eigenvalue weighted by Gasteiger charge is 2.40. The fraction of sp³-hybridized carbons (Fsp3) is 0.536. The number of rotatable bonds is 6. The molecule has 1 aliphatic heterocycles. The molecule has 188 valence electrons. The van der Waals surface area contributed by atoms with Gasteiger partial charge in [-0.25, -0.2) is 4.39 Å². The van der Waals surface area contributed by atoms with Crippen molar-refractivity contribution in [1.82, 2.24) is 15.6 Å².